The smallest absolute Gasteiger partial charge is 0.224 e. The van der Waals surface area contributed by atoms with Crippen LogP contribution in [0.3, 0.4) is 0 Å². The van der Waals surface area contributed by atoms with Crippen LogP contribution in [0.5, 0.6) is 0 Å². The van der Waals surface area contributed by atoms with Gasteiger partial charge >= 0.3 is 0 Å². The third kappa shape index (κ3) is 7.83. The number of rotatable bonds is 8. The lowest BCUT2D eigenvalue weighted by Gasteiger charge is -2.33. The van der Waals surface area contributed by atoms with E-state index in [-0.39, 0.29) is 29.9 Å². The van der Waals surface area contributed by atoms with Crippen molar-refractivity contribution in [3.05, 3.63) is 53.9 Å². The Bertz CT molecular complexity index is 823. The van der Waals surface area contributed by atoms with E-state index in [1.165, 1.54) is 17.5 Å². The van der Waals surface area contributed by atoms with E-state index in [0.717, 1.165) is 38.4 Å². The molecule has 1 fully saturated rings. The number of nitrogens with one attached hydrogen (secondary N) is 2. The van der Waals surface area contributed by atoms with Crippen molar-refractivity contribution in [1.29, 1.82) is 0 Å². The van der Waals surface area contributed by atoms with Crippen LogP contribution in [-0.2, 0) is 17.9 Å². The second kappa shape index (κ2) is 13.3. The molecule has 1 aromatic carbocycles. The van der Waals surface area contributed by atoms with Crippen molar-refractivity contribution in [3.63, 3.8) is 0 Å². The van der Waals surface area contributed by atoms with Gasteiger partial charge in [-0.05, 0) is 50.3 Å². The van der Waals surface area contributed by atoms with Gasteiger partial charge < -0.3 is 15.5 Å². The molecule has 1 aliphatic heterocycles. The molecule has 0 saturated carbocycles. The second-order valence-electron chi connectivity index (χ2n) is 7.78. The molecule has 1 unspecified atom stereocenters. The highest BCUT2D eigenvalue weighted by atomic mass is 127. The fraction of sp³-hybridized carbons (Fsp3) is 0.522. The molecule has 0 radical (unpaired) electrons. The van der Waals surface area contributed by atoms with E-state index in [4.69, 9.17) is 4.99 Å². The number of benzene rings is 1. The van der Waals surface area contributed by atoms with Gasteiger partial charge in [-0.3, -0.25) is 9.48 Å². The average molecular weight is 538 g/mol. The van der Waals surface area contributed by atoms with E-state index in [2.05, 4.69) is 34.8 Å². The molecule has 170 valence electrons. The van der Waals surface area contributed by atoms with Crippen molar-refractivity contribution < 1.29 is 4.79 Å². The lowest BCUT2D eigenvalue weighted by molar-refractivity contribution is -0.134. The molecule has 31 heavy (non-hydrogen) atoms. The third-order valence-electron chi connectivity index (χ3n) is 5.52. The van der Waals surface area contributed by atoms with Crippen LogP contribution in [0.1, 0.15) is 50.7 Å². The third-order valence-corrected chi connectivity index (χ3v) is 5.52. The van der Waals surface area contributed by atoms with Crippen LogP contribution in [0.25, 0.3) is 0 Å². The average Bonchev–Trinajstić information content (AvgIpc) is 3.26. The molecule has 0 bridgehead atoms. The van der Waals surface area contributed by atoms with Crippen molar-refractivity contribution in [3.8, 4) is 0 Å². The SMILES string of the molecule is CCNC(=NCc1ccccc1Cn1cccn1)NCCC(=O)N1CCCCC1C.I. The fourth-order valence-corrected chi connectivity index (χ4v) is 3.84. The summed E-state index contributed by atoms with van der Waals surface area (Å²) < 4.78 is 1.92. The molecule has 1 atom stereocenters. The molecular weight excluding hydrogens is 503 g/mol. The quantitative estimate of drug-likeness (QED) is 0.307. The minimum Gasteiger partial charge on any atom is -0.357 e. The van der Waals surface area contributed by atoms with Crippen molar-refractivity contribution >= 4 is 35.8 Å². The number of guanidine groups is 1. The highest BCUT2D eigenvalue weighted by Gasteiger charge is 2.22. The van der Waals surface area contributed by atoms with E-state index >= 15 is 0 Å². The van der Waals surface area contributed by atoms with Crippen LogP contribution in [0.4, 0.5) is 0 Å². The molecule has 0 aliphatic carbocycles. The highest BCUT2D eigenvalue weighted by Crippen LogP contribution is 2.17. The number of hydrogen-bond donors (Lipinski definition) is 2. The number of carbonyl (C=O) groups is 1. The molecule has 3 rings (SSSR count). The number of hydrogen-bond acceptors (Lipinski definition) is 3. The van der Waals surface area contributed by atoms with E-state index in [9.17, 15) is 4.79 Å². The Morgan fingerprint density at radius 1 is 1.19 bits per heavy atom. The first-order chi connectivity index (χ1) is 14.7. The first-order valence-electron chi connectivity index (χ1n) is 11.0. The van der Waals surface area contributed by atoms with Crippen molar-refractivity contribution in [2.24, 2.45) is 4.99 Å². The van der Waals surface area contributed by atoms with E-state index in [1.54, 1.807) is 6.20 Å². The number of likely N-dealkylation sites (tertiary alicyclic amines) is 1. The summed E-state index contributed by atoms with van der Waals surface area (Å²) in [5, 5.41) is 10.9. The van der Waals surface area contributed by atoms with Gasteiger partial charge in [-0.1, -0.05) is 24.3 Å². The largest absolute Gasteiger partial charge is 0.357 e. The summed E-state index contributed by atoms with van der Waals surface area (Å²) in [4.78, 5) is 19.3. The molecular formula is C23H35IN6O. The maximum atomic E-state index is 12.5. The fourth-order valence-electron chi connectivity index (χ4n) is 3.84. The van der Waals surface area contributed by atoms with Gasteiger partial charge in [0.1, 0.15) is 0 Å². The Hall–Kier alpha value is -2.10. The minimum absolute atomic E-state index is 0. The lowest BCUT2D eigenvalue weighted by Crippen LogP contribution is -2.44. The van der Waals surface area contributed by atoms with Crippen molar-refractivity contribution in [2.45, 2.75) is 58.7 Å². The van der Waals surface area contributed by atoms with Crippen LogP contribution in [0.2, 0.25) is 0 Å². The van der Waals surface area contributed by atoms with Gasteiger partial charge in [0.15, 0.2) is 5.96 Å². The Morgan fingerprint density at radius 2 is 2.00 bits per heavy atom. The van der Waals surface area contributed by atoms with Crippen LogP contribution >= 0.6 is 24.0 Å². The summed E-state index contributed by atoms with van der Waals surface area (Å²) in [6, 6.07) is 10.6. The number of aromatic nitrogens is 2. The Balaban J connectivity index is 0.00000341. The van der Waals surface area contributed by atoms with Crippen LogP contribution in [0.15, 0.2) is 47.7 Å². The zero-order chi connectivity index (χ0) is 21.2. The van der Waals surface area contributed by atoms with E-state index in [0.29, 0.717) is 25.6 Å². The molecule has 1 saturated heterocycles. The summed E-state index contributed by atoms with van der Waals surface area (Å²) in [7, 11) is 0. The molecule has 0 spiro atoms. The predicted molar refractivity (Wildman–Crippen MR) is 136 cm³/mol. The summed E-state index contributed by atoms with van der Waals surface area (Å²) >= 11 is 0. The molecule has 8 heteroatoms. The standard InChI is InChI=1S/C23H34N6O.HI/c1-3-24-23(25-14-12-22(30)29-16-7-6-9-19(29)2)26-17-20-10-4-5-11-21(20)18-28-15-8-13-27-28;/h4-5,8,10-11,13,15,19H,3,6-7,9,12,14,16-18H2,1-2H3,(H2,24,25,26);1H. The van der Waals surface area contributed by atoms with Gasteiger partial charge in [-0.25, -0.2) is 4.99 Å². The predicted octanol–water partition coefficient (Wildman–Crippen LogP) is 3.40. The summed E-state index contributed by atoms with van der Waals surface area (Å²) in [5.74, 6) is 0.973. The highest BCUT2D eigenvalue weighted by molar-refractivity contribution is 14.0. The molecule has 1 aliphatic rings. The first kappa shape index (κ1) is 25.2. The maximum absolute atomic E-state index is 12.5. The number of piperidine rings is 1. The number of aliphatic imine (C=N–C) groups is 1. The Morgan fingerprint density at radius 3 is 2.71 bits per heavy atom. The van der Waals surface area contributed by atoms with Gasteiger partial charge in [0.05, 0.1) is 13.1 Å². The zero-order valence-corrected chi connectivity index (χ0v) is 20.9. The number of amides is 1. The monoisotopic (exact) mass is 538 g/mol. The first-order valence-corrected chi connectivity index (χ1v) is 11.0. The number of carbonyl (C=O) groups excluding carboxylic acids is 1. The summed E-state index contributed by atoms with van der Waals surface area (Å²) in [6.07, 6.45) is 7.70. The molecule has 2 aromatic rings. The topological polar surface area (TPSA) is 74.5 Å². The van der Waals surface area contributed by atoms with Gasteiger partial charge in [0.2, 0.25) is 5.91 Å². The zero-order valence-electron chi connectivity index (χ0n) is 18.6. The molecule has 2 N–H and O–H groups in total. The number of halogens is 1. The Labute approximate surface area is 202 Å². The minimum atomic E-state index is 0. The van der Waals surface area contributed by atoms with E-state index in [1.807, 2.05) is 40.9 Å². The van der Waals surface area contributed by atoms with Crippen LogP contribution in [0, 0.1) is 0 Å². The van der Waals surface area contributed by atoms with Gasteiger partial charge in [-0.15, -0.1) is 24.0 Å². The van der Waals surface area contributed by atoms with E-state index < -0.39 is 0 Å². The maximum Gasteiger partial charge on any atom is 0.224 e. The molecule has 1 aromatic heterocycles. The van der Waals surface area contributed by atoms with Crippen molar-refractivity contribution in [1.82, 2.24) is 25.3 Å². The molecule has 1 amide bonds. The second-order valence-corrected chi connectivity index (χ2v) is 7.78. The lowest BCUT2D eigenvalue weighted by atomic mass is 10.0. The summed E-state index contributed by atoms with van der Waals surface area (Å²) in [6.45, 7) is 7.75. The van der Waals surface area contributed by atoms with Gasteiger partial charge in [-0.2, -0.15) is 5.10 Å². The van der Waals surface area contributed by atoms with Gasteiger partial charge in [0, 0.05) is 44.5 Å². The van der Waals surface area contributed by atoms with Crippen LogP contribution in [-0.4, -0.2) is 52.2 Å². The van der Waals surface area contributed by atoms with Crippen LogP contribution < -0.4 is 10.6 Å². The molecule has 7 nitrogen and oxygen atoms in total. The number of nitrogens with zero attached hydrogens (tertiary/aromatic N) is 4. The normalized spacial score (nSPS) is 16.5. The van der Waals surface area contributed by atoms with Gasteiger partial charge in [0.25, 0.3) is 0 Å². The Kier molecular flexibility index (Phi) is 10.8. The summed E-state index contributed by atoms with van der Waals surface area (Å²) in [5.41, 5.74) is 2.37. The van der Waals surface area contributed by atoms with Crippen molar-refractivity contribution in [2.75, 3.05) is 19.6 Å². The molecule has 2 heterocycles.